The van der Waals surface area contributed by atoms with E-state index in [2.05, 4.69) is 38.8 Å². The van der Waals surface area contributed by atoms with Crippen LogP contribution in [0.5, 0.6) is 0 Å². The fourth-order valence-electron chi connectivity index (χ4n) is 3.88. The van der Waals surface area contributed by atoms with Gasteiger partial charge in [-0.05, 0) is 55.2 Å². The predicted molar refractivity (Wildman–Crippen MR) is 117 cm³/mol. The molecule has 6 nitrogen and oxygen atoms in total. The second-order valence-corrected chi connectivity index (χ2v) is 7.30. The van der Waals surface area contributed by atoms with Gasteiger partial charge >= 0.3 is 5.97 Å². The van der Waals surface area contributed by atoms with E-state index in [1.807, 2.05) is 43.6 Å². The first-order valence-corrected chi connectivity index (χ1v) is 10.3. The fraction of sp³-hybridized carbons (Fsp3) is 0.292. The van der Waals surface area contributed by atoms with E-state index in [1.54, 1.807) is 0 Å². The molecule has 1 N–H and O–H groups in total. The number of carboxylic acid groups (broad SMARTS) is 1. The summed E-state index contributed by atoms with van der Waals surface area (Å²) in [6.07, 6.45) is 5.13. The van der Waals surface area contributed by atoms with Gasteiger partial charge in [0.15, 0.2) is 6.10 Å². The number of hydrogen-bond donors (Lipinski definition) is 1. The highest BCUT2D eigenvalue weighted by molar-refractivity contribution is 6.02. The van der Waals surface area contributed by atoms with Crippen LogP contribution >= 0.6 is 0 Å². The lowest BCUT2D eigenvalue weighted by Crippen LogP contribution is -2.26. The molecule has 6 heteroatoms. The number of aliphatic carboxylic acids is 1. The number of hydrogen-bond acceptors (Lipinski definition) is 4. The molecule has 0 aliphatic rings. The molecule has 0 spiro atoms. The first-order chi connectivity index (χ1) is 14.7. The molecule has 0 radical (unpaired) electrons. The molecule has 4 aromatic rings. The Morgan fingerprint density at radius 3 is 2.17 bits per heavy atom. The second kappa shape index (κ2) is 9.05. The van der Waals surface area contributed by atoms with Gasteiger partial charge in [0.2, 0.25) is 0 Å². The van der Waals surface area contributed by atoms with Crippen LogP contribution in [0.25, 0.3) is 22.1 Å². The number of pyridine rings is 2. The lowest BCUT2D eigenvalue weighted by Gasteiger charge is -2.12. The molecule has 0 amide bonds. The van der Waals surface area contributed by atoms with E-state index < -0.39 is 12.1 Å². The summed E-state index contributed by atoms with van der Waals surface area (Å²) in [6, 6.07) is 16.3. The first kappa shape index (κ1) is 20.0. The van der Waals surface area contributed by atoms with Crippen LogP contribution in [0.15, 0.2) is 60.9 Å². The molecule has 1 unspecified atom stereocenters. The van der Waals surface area contributed by atoms with Gasteiger partial charge in [-0.2, -0.15) is 0 Å². The van der Waals surface area contributed by atoms with Crippen molar-refractivity contribution in [1.29, 1.82) is 0 Å². The third-order valence-corrected chi connectivity index (χ3v) is 5.31. The minimum absolute atomic E-state index is 0.380. The van der Waals surface area contributed by atoms with E-state index in [9.17, 15) is 9.90 Å². The zero-order chi connectivity index (χ0) is 20.9. The van der Waals surface area contributed by atoms with Gasteiger partial charge in [-0.15, -0.1) is 0 Å². The van der Waals surface area contributed by atoms with Gasteiger partial charge in [0.25, 0.3) is 0 Å². The largest absolute Gasteiger partial charge is 0.479 e. The zero-order valence-corrected chi connectivity index (χ0v) is 17.0. The molecule has 0 bridgehead atoms. The van der Waals surface area contributed by atoms with Crippen LogP contribution in [0.3, 0.4) is 0 Å². The number of fused-ring (bicyclic) bond motifs is 3. The van der Waals surface area contributed by atoms with Crippen molar-refractivity contribution >= 4 is 28.0 Å². The van der Waals surface area contributed by atoms with Crippen LogP contribution in [0, 0.1) is 0 Å². The van der Waals surface area contributed by atoms with Crippen molar-refractivity contribution in [2.75, 3.05) is 6.61 Å². The van der Waals surface area contributed by atoms with E-state index in [0.29, 0.717) is 13.0 Å². The molecule has 154 valence electrons. The Kier molecular flexibility index (Phi) is 6.05. The van der Waals surface area contributed by atoms with Crippen molar-refractivity contribution in [2.45, 2.75) is 38.8 Å². The third-order valence-electron chi connectivity index (χ3n) is 5.31. The molecule has 0 aliphatic heterocycles. The summed E-state index contributed by atoms with van der Waals surface area (Å²) in [7, 11) is 0. The summed E-state index contributed by atoms with van der Waals surface area (Å²) < 4.78 is 7.59. The summed E-state index contributed by atoms with van der Waals surface area (Å²) in [5.41, 5.74) is 6.31. The maximum absolute atomic E-state index is 11.3. The average Bonchev–Trinajstić information content (AvgIpc) is 3.09. The highest BCUT2D eigenvalue weighted by Gasteiger charge is 2.17. The number of benzene rings is 1. The van der Waals surface area contributed by atoms with E-state index >= 15 is 0 Å². The number of ether oxygens (including phenoxy) is 1. The first-order valence-electron chi connectivity index (χ1n) is 10.3. The average molecular weight is 403 g/mol. The summed E-state index contributed by atoms with van der Waals surface area (Å²) in [5, 5.41) is 9.24. The van der Waals surface area contributed by atoms with Gasteiger partial charge in [0.1, 0.15) is 11.0 Å². The lowest BCUT2D eigenvalue weighted by atomic mass is 10.0. The number of carbonyl (C=O) groups is 1. The molecular formula is C24H25N3O3. The summed E-state index contributed by atoms with van der Waals surface area (Å²) in [4.78, 5) is 20.3. The highest BCUT2D eigenvalue weighted by atomic mass is 16.5. The molecule has 30 heavy (non-hydrogen) atoms. The van der Waals surface area contributed by atoms with Crippen LogP contribution in [-0.2, 0) is 28.9 Å². The van der Waals surface area contributed by atoms with Gasteiger partial charge in [-0.25, -0.2) is 4.79 Å². The van der Waals surface area contributed by atoms with E-state index in [1.165, 1.54) is 5.56 Å². The Balaban J connectivity index is 1.43. The maximum atomic E-state index is 11.3. The minimum atomic E-state index is -0.920. The molecule has 1 atom stereocenters. The quantitative estimate of drug-likeness (QED) is 0.452. The van der Waals surface area contributed by atoms with E-state index in [0.717, 1.165) is 47.0 Å². The van der Waals surface area contributed by atoms with E-state index in [4.69, 9.17) is 4.74 Å². The Labute approximate surface area is 175 Å². The number of nitrogens with zero attached hydrogens (tertiary/aromatic N) is 3. The molecule has 0 aliphatic carbocycles. The molecule has 0 fully saturated rings. The summed E-state index contributed by atoms with van der Waals surface area (Å²) >= 11 is 0. The maximum Gasteiger partial charge on any atom is 0.333 e. The van der Waals surface area contributed by atoms with Gasteiger partial charge in [0, 0.05) is 32.0 Å². The molecule has 1 aromatic carbocycles. The normalized spacial score (nSPS) is 12.4. The molecule has 3 heterocycles. The number of aryl methyl sites for hydroxylation is 2. The van der Waals surface area contributed by atoms with Gasteiger partial charge in [-0.1, -0.05) is 24.3 Å². The van der Waals surface area contributed by atoms with Crippen LogP contribution in [0.4, 0.5) is 0 Å². The Hall–Kier alpha value is -3.25. The molecular weight excluding hydrogens is 378 g/mol. The van der Waals surface area contributed by atoms with Crippen molar-refractivity contribution in [1.82, 2.24) is 14.5 Å². The minimum Gasteiger partial charge on any atom is -0.479 e. The summed E-state index contributed by atoms with van der Waals surface area (Å²) in [6.45, 7) is 3.08. The van der Waals surface area contributed by atoms with Crippen LogP contribution in [0.2, 0.25) is 0 Å². The van der Waals surface area contributed by atoms with E-state index in [-0.39, 0.29) is 0 Å². The standard InChI is InChI=1S/C24H25N3O3/c1-2-30-21(24(28)29)16-18-11-9-17(10-12-18)6-5-15-27-19-7-3-13-25-22(19)23-20(27)8-4-14-26-23/h3-4,7-14,21H,2,5-6,15-16H2,1H3,(H,28,29). The van der Waals surface area contributed by atoms with Crippen molar-refractivity contribution in [3.8, 4) is 0 Å². The molecule has 0 saturated carbocycles. The molecule has 4 rings (SSSR count). The van der Waals surface area contributed by atoms with Gasteiger partial charge in [0.05, 0.1) is 11.0 Å². The zero-order valence-electron chi connectivity index (χ0n) is 17.0. The topological polar surface area (TPSA) is 77.2 Å². The predicted octanol–water partition coefficient (Wildman–Crippen LogP) is 4.25. The van der Waals surface area contributed by atoms with Crippen LogP contribution < -0.4 is 0 Å². The Morgan fingerprint density at radius 2 is 1.60 bits per heavy atom. The van der Waals surface area contributed by atoms with Crippen LogP contribution in [0.1, 0.15) is 24.5 Å². The molecule has 0 saturated heterocycles. The van der Waals surface area contributed by atoms with Gasteiger partial charge < -0.3 is 14.4 Å². The Morgan fingerprint density at radius 1 is 1.00 bits per heavy atom. The van der Waals surface area contributed by atoms with Crippen molar-refractivity contribution in [2.24, 2.45) is 0 Å². The smallest absolute Gasteiger partial charge is 0.333 e. The van der Waals surface area contributed by atoms with Crippen molar-refractivity contribution in [3.05, 3.63) is 72.1 Å². The highest BCUT2D eigenvalue weighted by Crippen LogP contribution is 2.25. The lowest BCUT2D eigenvalue weighted by molar-refractivity contribution is -0.149. The molecule has 3 aromatic heterocycles. The monoisotopic (exact) mass is 403 g/mol. The van der Waals surface area contributed by atoms with Gasteiger partial charge in [-0.3, -0.25) is 9.97 Å². The van der Waals surface area contributed by atoms with Crippen LogP contribution in [-0.4, -0.2) is 38.3 Å². The Bertz CT molecular complexity index is 1100. The number of carboxylic acids is 1. The number of aromatic nitrogens is 3. The SMILES string of the molecule is CCOC(Cc1ccc(CCCn2c3cccnc3c3ncccc32)cc1)C(=O)O. The van der Waals surface area contributed by atoms with Crippen molar-refractivity contribution < 1.29 is 14.6 Å². The summed E-state index contributed by atoms with van der Waals surface area (Å²) in [5.74, 6) is -0.920. The second-order valence-electron chi connectivity index (χ2n) is 7.30. The van der Waals surface area contributed by atoms with Crippen molar-refractivity contribution in [3.63, 3.8) is 0 Å². The fourth-order valence-corrected chi connectivity index (χ4v) is 3.88. The number of rotatable bonds is 9. The third kappa shape index (κ3) is 4.19.